The average Bonchev–Trinajstić information content (AvgIpc) is 3.08. The lowest BCUT2D eigenvalue weighted by molar-refractivity contribution is 0.0939. The molecule has 1 unspecified atom stereocenters. The lowest BCUT2D eigenvalue weighted by atomic mass is 10.0. The van der Waals surface area contributed by atoms with Crippen LogP contribution in [0.2, 0.25) is 0 Å². The monoisotopic (exact) mass is 351 g/mol. The second-order valence-electron chi connectivity index (χ2n) is 6.16. The van der Waals surface area contributed by atoms with Gasteiger partial charge in [0.1, 0.15) is 5.75 Å². The average molecular weight is 351 g/mol. The van der Waals surface area contributed by atoms with Gasteiger partial charge in [-0.05, 0) is 51.1 Å². The highest BCUT2D eigenvalue weighted by atomic mass is 16.5. The van der Waals surface area contributed by atoms with Crippen molar-refractivity contribution in [3.8, 4) is 17.2 Å². The van der Waals surface area contributed by atoms with E-state index in [2.05, 4.69) is 15.5 Å². The van der Waals surface area contributed by atoms with Gasteiger partial charge in [-0.2, -0.15) is 4.98 Å². The van der Waals surface area contributed by atoms with Gasteiger partial charge in [0.2, 0.25) is 0 Å². The highest BCUT2D eigenvalue weighted by molar-refractivity contribution is 5.94. The van der Waals surface area contributed by atoms with Crippen molar-refractivity contribution < 1.29 is 14.1 Å². The summed E-state index contributed by atoms with van der Waals surface area (Å²) in [5.74, 6) is 1.61. The maximum Gasteiger partial charge on any atom is 0.257 e. The number of amides is 1. The fraction of sp³-hybridized carbons (Fsp3) is 0.250. The van der Waals surface area contributed by atoms with Crippen molar-refractivity contribution in [1.29, 1.82) is 0 Å². The van der Waals surface area contributed by atoms with Gasteiger partial charge in [0.15, 0.2) is 5.82 Å². The van der Waals surface area contributed by atoms with E-state index in [0.29, 0.717) is 17.3 Å². The number of aromatic nitrogens is 2. The highest BCUT2D eigenvalue weighted by Gasteiger charge is 2.16. The fourth-order valence-electron chi connectivity index (χ4n) is 2.73. The van der Waals surface area contributed by atoms with Crippen LogP contribution < -0.4 is 10.1 Å². The van der Waals surface area contributed by atoms with E-state index in [1.54, 1.807) is 38.3 Å². The largest absolute Gasteiger partial charge is 0.496 e. The Bertz CT molecular complexity index is 916. The van der Waals surface area contributed by atoms with E-state index in [0.717, 1.165) is 22.4 Å². The van der Waals surface area contributed by atoms with E-state index >= 15 is 0 Å². The van der Waals surface area contributed by atoms with E-state index < -0.39 is 0 Å². The molecular formula is C20H21N3O3. The van der Waals surface area contributed by atoms with Crippen LogP contribution >= 0.6 is 0 Å². The Hall–Kier alpha value is -3.15. The van der Waals surface area contributed by atoms with Crippen molar-refractivity contribution in [1.82, 2.24) is 15.5 Å². The summed E-state index contributed by atoms with van der Waals surface area (Å²) >= 11 is 0. The minimum atomic E-state index is -0.185. The first kappa shape index (κ1) is 17.7. The van der Waals surface area contributed by atoms with E-state index in [1.807, 2.05) is 32.0 Å². The number of nitrogens with one attached hydrogen (secondary N) is 1. The van der Waals surface area contributed by atoms with Gasteiger partial charge in [-0.15, -0.1) is 0 Å². The van der Waals surface area contributed by atoms with E-state index in [1.165, 1.54) is 0 Å². The molecule has 134 valence electrons. The van der Waals surface area contributed by atoms with Crippen molar-refractivity contribution >= 4 is 5.91 Å². The molecule has 1 amide bonds. The molecule has 26 heavy (non-hydrogen) atoms. The molecule has 0 fully saturated rings. The molecule has 0 saturated heterocycles. The second kappa shape index (κ2) is 7.39. The SMILES string of the molecule is COc1ccc(C)cc1C(C)NC(=O)c1ccc(-c2nc(C)no2)cc1. The number of ether oxygens (including phenoxy) is 1. The summed E-state index contributed by atoms with van der Waals surface area (Å²) < 4.78 is 10.5. The quantitative estimate of drug-likeness (QED) is 0.755. The summed E-state index contributed by atoms with van der Waals surface area (Å²) in [6, 6.07) is 12.8. The summed E-state index contributed by atoms with van der Waals surface area (Å²) in [7, 11) is 1.63. The van der Waals surface area contributed by atoms with Gasteiger partial charge in [0.25, 0.3) is 11.8 Å². The smallest absolute Gasteiger partial charge is 0.257 e. The van der Waals surface area contributed by atoms with Crippen LogP contribution in [0.15, 0.2) is 47.0 Å². The van der Waals surface area contributed by atoms with Crippen molar-refractivity contribution in [2.45, 2.75) is 26.8 Å². The number of rotatable bonds is 5. The normalized spacial score (nSPS) is 11.8. The second-order valence-corrected chi connectivity index (χ2v) is 6.16. The molecule has 3 rings (SSSR count). The van der Waals surface area contributed by atoms with Crippen LogP contribution in [0.5, 0.6) is 5.75 Å². The van der Waals surface area contributed by atoms with Crippen LogP contribution in [0, 0.1) is 13.8 Å². The molecule has 1 atom stereocenters. The third-order valence-corrected chi connectivity index (χ3v) is 4.12. The maximum absolute atomic E-state index is 12.6. The minimum absolute atomic E-state index is 0.158. The molecule has 0 bridgehead atoms. The Kier molecular flexibility index (Phi) is 5.02. The van der Waals surface area contributed by atoms with Gasteiger partial charge in [0.05, 0.1) is 13.2 Å². The first-order valence-electron chi connectivity index (χ1n) is 8.34. The van der Waals surface area contributed by atoms with Crippen molar-refractivity contribution in [2.75, 3.05) is 7.11 Å². The zero-order valence-electron chi connectivity index (χ0n) is 15.2. The number of hydrogen-bond donors (Lipinski definition) is 1. The van der Waals surface area contributed by atoms with Crippen molar-refractivity contribution in [3.63, 3.8) is 0 Å². The van der Waals surface area contributed by atoms with Gasteiger partial charge in [-0.3, -0.25) is 4.79 Å². The van der Waals surface area contributed by atoms with Gasteiger partial charge in [-0.1, -0.05) is 22.9 Å². The summed E-state index contributed by atoms with van der Waals surface area (Å²) in [6.07, 6.45) is 0. The van der Waals surface area contributed by atoms with Gasteiger partial charge < -0.3 is 14.6 Å². The Morgan fingerprint density at radius 3 is 2.50 bits per heavy atom. The number of nitrogens with zero attached hydrogens (tertiary/aromatic N) is 2. The Morgan fingerprint density at radius 1 is 1.15 bits per heavy atom. The molecule has 3 aromatic rings. The Balaban J connectivity index is 1.74. The molecule has 6 nitrogen and oxygen atoms in total. The molecule has 6 heteroatoms. The van der Waals surface area contributed by atoms with Gasteiger partial charge in [0, 0.05) is 16.7 Å². The number of hydrogen-bond acceptors (Lipinski definition) is 5. The zero-order valence-corrected chi connectivity index (χ0v) is 15.2. The van der Waals surface area contributed by atoms with Gasteiger partial charge in [-0.25, -0.2) is 0 Å². The first-order chi connectivity index (χ1) is 12.5. The molecule has 0 aliphatic rings. The lowest BCUT2D eigenvalue weighted by Crippen LogP contribution is -2.27. The first-order valence-corrected chi connectivity index (χ1v) is 8.34. The van der Waals surface area contributed by atoms with Crippen LogP contribution in [0.1, 0.15) is 40.3 Å². The third kappa shape index (κ3) is 3.74. The standard InChI is InChI=1S/C20H21N3O3/c1-12-5-10-18(25-4)17(11-12)13(2)21-19(24)15-6-8-16(9-7-15)20-22-14(3)23-26-20/h5-11,13H,1-4H3,(H,21,24). The number of aryl methyl sites for hydroxylation is 2. The van der Waals surface area contributed by atoms with E-state index in [9.17, 15) is 4.79 Å². The molecule has 1 N–H and O–H groups in total. The lowest BCUT2D eigenvalue weighted by Gasteiger charge is -2.18. The van der Waals surface area contributed by atoms with Gasteiger partial charge >= 0.3 is 0 Å². The number of carbonyl (C=O) groups excluding carboxylic acids is 1. The minimum Gasteiger partial charge on any atom is -0.496 e. The summed E-state index contributed by atoms with van der Waals surface area (Å²) in [5.41, 5.74) is 3.39. The van der Waals surface area contributed by atoms with Crippen molar-refractivity contribution in [2.24, 2.45) is 0 Å². The molecule has 0 saturated carbocycles. The molecule has 0 aliphatic carbocycles. The van der Waals surface area contributed by atoms with Crippen LogP contribution in [0.3, 0.4) is 0 Å². The number of benzene rings is 2. The molecule has 0 aliphatic heterocycles. The fourth-order valence-corrected chi connectivity index (χ4v) is 2.73. The Labute approximate surface area is 152 Å². The van der Waals surface area contributed by atoms with Crippen LogP contribution in [0.25, 0.3) is 11.5 Å². The third-order valence-electron chi connectivity index (χ3n) is 4.12. The summed E-state index contributed by atoms with van der Waals surface area (Å²) in [5, 5.41) is 6.78. The van der Waals surface area contributed by atoms with E-state index in [-0.39, 0.29) is 11.9 Å². The predicted octanol–water partition coefficient (Wildman–Crippen LogP) is 3.85. The molecular weight excluding hydrogens is 330 g/mol. The molecule has 1 aromatic heterocycles. The van der Waals surface area contributed by atoms with Crippen molar-refractivity contribution in [3.05, 3.63) is 65.0 Å². The van der Waals surface area contributed by atoms with Crippen LogP contribution in [0.4, 0.5) is 0 Å². The Morgan fingerprint density at radius 2 is 1.88 bits per heavy atom. The van der Waals surface area contributed by atoms with E-state index in [4.69, 9.17) is 9.26 Å². The maximum atomic E-state index is 12.6. The molecule has 0 spiro atoms. The summed E-state index contributed by atoms with van der Waals surface area (Å²) in [4.78, 5) is 16.7. The predicted molar refractivity (Wildman–Crippen MR) is 98.1 cm³/mol. The number of methoxy groups -OCH3 is 1. The summed E-state index contributed by atoms with van der Waals surface area (Å²) in [6.45, 7) is 5.70. The number of carbonyl (C=O) groups is 1. The van der Waals surface area contributed by atoms with Crippen LogP contribution in [-0.4, -0.2) is 23.2 Å². The highest BCUT2D eigenvalue weighted by Crippen LogP contribution is 2.26. The zero-order chi connectivity index (χ0) is 18.7. The topological polar surface area (TPSA) is 77.2 Å². The molecule has 2 aromatic carbocycles. The van der Waals surface area contributed by atoms with Crippen LogP contribution in [-0.2, 0) is 0 Å². The molecule has 0 radical (unpaired) electrons. The molecule has 1 heterocycles.